The summed E-state index contributed by atoms with van der Waals surface area (Å²) in [5.41, 5.74) is 1.47. The van der Waals surface area contributed by atoms with Crippen molar-refractivity contribution in [3.63, 3.8) is 0 Å². The second-order valence-electron chi connectivity index (χ2n) is 8.06. The number of aliphatic imine (C=N–C) groups is 1. The Hall–Kier alpha value is -4.12. The first-order chi connectivity index (χ1) is 16.6. The molecule has 1 saturated heterocycles. The zero-order valence-electron chi connectivity index (χ0n) is 19.4. The van der Waals surface area contributed by atoms with Crippen LogP contribution in [0.4, 0.5) is 10.6 Å². The number of nitrogens with zero attached hydrogens (tertiary/aromatic N) is 5. The molecule has 3 heterocycles. The summed E-state index contributed by atoms with van der Waals surface area (Å²) in [7, 11) is 1.67. The van der Waals surface area contributed by atoms with E-state index < -0.39 is 0 Å². The van der Waals surface area contributed by atoms with Crippen LogP contribution in [0.1, 0.15) is 36.6 Å². The molecule has 1 aliphatic heterocycles. The lowest BCUT2D eigenvalue weighted by atomic mass is 10.1. The van der Waals surface area contributed by atoms with E-state index in [1.807, 2.05) is 54.1 Å². The van der Waals surface area contributed by atoms with Crippen molar-refractivity contribution in [2.24, 2.45) is 4.99 Å². The number of para-hydroxylation sites is 1. The average molecular weight is 459 g/mol. The number of amides is 1. The lowest BCUT2D eigenvalue weighted by molar-refractivity contribution is 0.153. The average Bonchev–Trinajstić information content (AvgIpc) is 3.12. The van der Waals surface area contributed by atoms with Gasteiger partial charge >= 0.3 is 11.9 Å². The molecular formula is C26H28N5O3+. The molecule has 8 nitrogen and oxygen atoms in total. The third kappa shape index (κ3) is 5.09. The first-order valence-corrected chi connectivity index (χ1v) is 11.3. The van der Waals surface area contributed by atoms with Crippen LogP contribution in [0.5, 0.6) is 11.5 Å². The number of aromatic nitrogens is 2. The standard InChI is InChI=1S/C26H28N5O3/c1-19-23(12-7-15-29-19)34-25(28-3)22-14-18-31(24(22)27-2)20-9-8-16-30(17-13-20)26(32)33-21-10-5-4-6-11-21/h2,4-7,10-12,14-15,18,20H,8-9,13,16-17H2,1,3H3/q+1. The van der Waals surface area contributed by atoms with E-state index >= 15 is 0 Å². The van der Waals surface area contributed by atoms with Crippen LogP contribution in [0.3, 0.4) is 0 Å². The van der Waals surface area contributed by atoms with E-state index in [4.69, 9.17) is 16.0 Å². The van der Waals surface area contributed by atoms with Gasteiger partial charge in [-0.3, -0.25) is 9.98 Å². The second-order valence-corrected chi connectivity index (χ2v) is 8.06. The van der Waals surface area contributed by atoms with Crippen molar-refractivity contribution < 1.29 is 14.3 Å². The molecule has 1 amide bonds. The van der Waals surface area contributed by atoms with E-state index in [9.17, 15) is 4.79 Å². The molecule has 2 aromatic heterocycles. The number of pyridine rings is 1. The number of ether oxygens (including phenoxy) is 2. The quantitative estimate of drug-likeness (QED) is 0.384. The second kappa shape index (κ2) is 10.7. The Labute approximate surface area is 199 Å². The van der Waals surface area contributed by atoms with Crippen LogP contribution in [0.15, 0.2) is 65.9 Å². The molecule has 0 spiro atoms. The molecule has 0 bridgehead atoms. The van der Waals surface area contributed by atoms with Gasteiger partial charge in [0.25, 0.3) is 0 Å². The van der Waals surface area contributed by atoms with E-state index in [-0.39, 0.29) is 12.1 Å². The van der Waals surface area contributed by atoms with Gasteiger partial charge in [0, 0.05) is 32.8 Å². The molecule has 0 saturated carbocycles. The van der Waals surface area contributed by atoms with E-state index in [0.717, 1.165) is 25.0 Å². The van der Waals surface area contributed by atoms with Crippen LogP contribution in [0, 0.1) is 13.5 Å². The Morgan fingerprint density at radius 2 is 1.94 bits per heavy atom. The Morgan fingerprint density at radius 3 is 2.68 bits per heavy atom. The third-order valence-corrected chi connectivity index (χ3v) is 5.91. The lowest BCUT2D eigenvalue weighted by Gasteiger charge is -2.19. The first kappa shape index (κ1) is 23.1. The SMILES string of the molecule is C#[N+]c1c(C(=NC)Oc2cccnc2C)ccn1C1CCCN(C(=O)Oc2ccccc2)CC1. The number of rotatable bonds is 4. The zero-order chi connectivity index (χ0) is 23.9. The Balaban J connectivity index is 1.48. The van der Waals surface area contributed by atoms with Crippen molar-refractivity contribution in [1.29, 1.82) is 0 Å². The molecular weight excluding hydrogens is 430 g/mol. The highest BCUT2D eigenvalue weighted by atomic mass is 16.6. The van der Waals surface area contributed by atoms with Gasteiger partial charge in [0.2, 0.25) is 5.90 Å². The number of carbonyl (C=O) groups excluding carboxylic acids is 1. The normalized spacial score (nSPS) is 16.4. The molecule has 0 radical (unpaired) electrons. The number of benzene rings is 1. The molecule has 0 N–H and O–H groups in total. The van der Waals surface area contributed by atoms with Crippen molar-refractivity contribution in [3.8, 4) is 18.1 Å². The highest BCUT2D eigenvalue weighted by molar-refractivity contribution is 6.00. The van der Waals surface area contributed by atoms with Crippen LogP contribution in [0.25, 0.3) is 4.85 Å². The topological polar surface area (TPSA) is 73.3 Å². The van der Waals surface area contributed by atoms with Crippen LogP contribution in [-0.2, 0) is 0 Å². The third-order valence-electron chi connectivity index (χ3n) is 5.91. The van der Waals surface area contributed by atoms with Gasteiger partial charge in [-0.15, -0.1) is 0 Å². The van der Waals surface area contributed by atoms with Crippen LogP contribution in [-0.4, -0.2) is 46.6 Å². The summed E-state index contributed by atoms with van der Waals surface area (Å²) in [5.74, 6) is 2.18. The highest BCUT2D eigenvalue weighted by Crippen LogP contribution is 2.32. The molecule has 1 unspecified atom stereocenters. The summed E-state index contributed by atoms with van der Waals surface area (Å²) in [6.07, 6.45) is 5.81. The lowest BCUT2D eigenvalue weighted by Crippen LogP contribution is -2.34. The molecule has 3 aromatic rings. The largest absolute Gasteiger partial charge is 0.436 e. The van der Waals surface area contributed by atoms with Crippen LogP contribution >= 0.6 is 0 Å². The molecule has 174 valence electrons. The summed E-state index contributed by atoms with van der Waals surface area (Å²) < 4.78 is 13.6. The van der Waals surface area contributed by atoms with Crippen molar-refractivity contribution in [2.45, 2.75) is 32.2 Å². The van der Waals surface area contributed by atoms with E-state index in [2.05, 4.69) is 14.8 Å². The van der Waals surface area contributed by atoms with Crippen molar-refractivity contribution in [3.05, 3.63) is 77.0 Å². The number of hydrogen-bond acceptors (Lipinski definition) is 5. The maximum absolute atomic E-state index is 12.6. The van der Waals surface area contributed by atoms with Crippen LogP contribution < -0.4 is 9.47 Å². The summed E-state index contributed by atoms with van der Waals surface area (Å²) >= 11 is 0. The first-order valence-electron chi connectivity index (χ1n) is 11.3. The number of aryl methyl sites for hydroxylation is 1. The molecule has 1 aliphatic rings. The molecule has 4 rings (SSSR count). The van der Waals surface area contributed by atoms with Crippen molar-refractivity contribution in [1.82, 2.24) is 14.5 Å². The Bertz CT molecular complexity index is 1210. The fourth-order valence-corrected chi connectivity index (χ4v) is 4.13. The minimum atomic E-state index is -0.329. The zero-order valence-corrected chi connectivity index (χ0v) is 19.4. The van der Waals surface area contributed by atoms with Gasteiger partial charge in [0.15, 0.2) is 5.75 Å². The summed E-state index contributed by atoms with van der Waals surface area (Å²) in [5, 5.41) is 0. The molecule has 0 aliphatic carbocycles. The van der Waals surface area contributed by atoms with E-state index in [1.165, 1.54) is 0 Å². The predicted molar refractivity (Wildman–Crippen MR) is 131 cm³/mol. The minimum absolute atomic E-state index is 0.129. The van der Waals surface area contributed by atoms with Gasteiger partial charge in [-0.05, 0) is 50.1 Å². The van der Waals surface area contributed by atoms with E-state index in [1.54, 1.807) is 30.3 Å². The Kier molecular flexibility index (Phi) is 7.23. The monoisotopic (exact) mass is 458 g/mol. The Morgan fingerprint density at radius 1 is 1.12 bits per heavy atom. The van der Waals surface area contributed by atoms with E-state index in [0.29, 0.717) is 41.9 Å². The highest BCUT2D eigenvalue weighted by Gasteiger charge is 2.31. The van der Waals surface area contributed by atoms with Crippen molar-refractivity contribution in [2.75, 3.05) is 20.1 Å². The number of carbonyl (C=O) groups is 1. The molecule has 1 atom stereocenters. The molecule has 1 aromatic carbocycles. The molecule has 34 heavy (non-hydrogen) atoms. The van der Waals surface area contributed by atoms with Gasteiger partial charge < -0.3 is 14.4 Å². The van der Waals surface area contributed by atoms with Gasteiger partial charge in [0.1, 0.15) is 23.9 Å². The number of hydrogen-bond donors (Lipinski definition) is 0. The fourth-order valence-electron chi connectivity index (χ4n) is 4.13. The van der Waals surface area contributed by atoms with Crippen molar-refractivity contribution >= 4 is 17.8 Å². The van der Waals surface area contributed by atoms with Gasteiger partial charge in [-0.2, -0.15) is 4.85 Å². The minimum Gasteiger partial charge on any atom is -0.436 e. The number of likely N-dealkylation sites (tertiary alicyclic amines) is 1. The van der Waals surface area contributed by atoms with Gasteiger partial charge in [0.05, 0.1) is 11.9 Å². The summed E-state index contributed by atoms with van der Waals surface area (Å²) in [4.78, 5) is 27.0. The maximum atomic E-state index is 12.6. The van der Waals surface area contributed by atoms with Gasteiger partial charge in [-0.1, -0.05) is 18.2 Å². The smallest absolute Gasteiger partial charge is 0.415 e. The maximum Gasteiger partial charge on any atom is 0.415 e. The summed E-state index contributed by atoms with van der Waals surface area (Å²) in [6.45, 7) is 8.91. The van der Waals surface area contributed by atoms with Crippen LogP contribution in [0.2, 0.25) is 0 Å². The fraction of sp³-hybridized carbons (Fsp3) is 0.308. The summed E-state index contributed by atoms with van der Waals surface area (Å²) in [6, 6.07) is 14.8. The predicted octanol–water partition coefficient (Wildman–Crippen LogP) is 5.47. The molecule has 8 heteroatoms. The molecule has 1 fully saturated rings. The van der Waals surface area contributed by atoms with Gasteiger partial charge in [-0.25, -0.2) is 9.36 Å².